The number of anilines is 1. The Labute approximate surface area is 105 Å². The minimum atomic E-state index is -0.258. The lowest BCUT2D eigenvalue weighted by atomic mass is 10.2. The quantitative estimate of drug-likeness (QED) is 0.554. The van der Waals surface area contributed by atoms with Crippen molar-refractivity contribution < 1.29 is 4.79 Å². The number of hydrogen-bond donors (Lipinski definition) is 3. The Kier molecular flexibility index (Phi) is 3.88. The number of nitrogen functional groups attached to an aromatic ring is 1. The third kappa shape index (κ3) is 3.29. The molecule has 0 aliphatic rings. The van der Waals surface area contributed by atoms with Crippen molar-refractivity contribution in [1.82, 2.24) is 15.8 Å². The largest absolute Gasteiger partial charge is 0.399 e. The molecule has 1 heterocycles. The van der Waals surface area contributed by atoms with Crippen LogP contribution in [-0.4, -0.2) is 10.9 Å². The number of pyridine rings is 1. The molecule has 0 saturated carbocycles. The number of amides is 1. The van der Waals surface area contributed by atoms with E-state index in [2.05, 4.69) is 15.8 Å². The average Bonchev–Trinajstić information content (AvgIpc) is 2.42. The first-order valence-corrected chi connectivity index (χ1v) is 5.54. The molecule has 0 fully saturated rings. The molecular weight excluding hydrogens is 228 g/mol. The van der Waals surface area contributed by atoms with E-state index in [-0.39, 0.29) is 5.91 Å². The van der Waals surface area contributed by atoms with Crippen molar-refractivity contribution in [2.45, 2.75) is 6.54 Å². The van der Waals surface area contributed by atoms with Crippen LogP contribution in [0, 0.1) is 0 Å². The van der Waals surface area contributed by atoms with E-state index < -0.39 is 0 Å². The monoisotopic (exact) mass is 242 g/mol. The summed E-state index contributed by atoms with van der Waals surface area (Å²) in [6.45, 7) is 0.527. The Morgan fingerprint density at radius 3 is 2.61 bits per heavy atom. The molecule has 18 heavy (non-hydrogen) atoms. The van der Waals surface area contributed by atoms with Crippen molar-refractivity contribution in [2.75, 3.05) is 5.73 Å². The van der Waals surface area contributed by atoms with Crippen LogP contribution in [0.3, 0.4) is 0 Å². The number of carbonyl (C=O) groups is 1. The van der Waals surface area contributed by atoms with E-state index in [1.807, 2.05) is 24.3 Å². The zero-order valence-electron chi connectivity index (χ0n) is 9.76. The van der Waals surface area contributed by atoms with Gasteiger partial charge in [0.2, 0.25) is 0 Å². The minimum Gasteiger partial charge on any atom is -0.399 e. The van der Waals surface area contributed by atoms with E-state index in [0.29, 0.717) is 12.2 Å². The van der Waals surface area contributed by atoms with Gasteiger partial charge in [0.1, 0.15) is 5.69 Å². The van der Waals surface area contributed by atoms with Crippen LogP contribution in [0.25, 0.3) is 0 Å². The third-order valence-electron chi connectivity index (χ3n) is 2.37. The summed E-state index contributed by atoms with van der Waals surface area (Å²) in [4.78, 5) is 15.6. The SMILES string of the molecule is Nc1ccc(CNNC(=O)c2ccccn2)cc1. The lowest BCUT2D eigenvalue weighted by Gasteiger charge is -2.06. The second kappa shape index (κ2) is 5.79. The summed E-state index contributed by atoms with van der Waals surface area (Å²) in [7, 11) is 0. The molecule has 4 N–H and O–H groups in total. The molecule has 1 aromatic carbocycles. The summed E-state index contributed by atoms with van der Waals surface area (Å²) < 4.78 is 0. The standard InChI is InChI=1S/C13H14N4O/c14-11-6-4-10(5-7-11)9-16-17-13(18)12-3-1-2-8-15-12/h1-8,16H,9,14H2,(H,17,18). The molecular formula is C13H14N4O. The number of rotatable bonds is 4. The van der Waals surface area contributed by atoms with Crippen LogP contribution in [-0.2, 0) is 6.54 Å². The van der Waals surface area contributed by atoms with Gasteiger partial charge in [0.15, 0.2) is 0 Å². The van der Waals surface area contributed by atoms with Gasteiger partial charge >= 0.3 is 0 Å². The average molecular weight is 242 g/mol. The van der Waals surface area contributed by atoms with Crippen LogP contribution in [0.1, 0.15) is 16.1 Å². The van der Waals surface area contributed by atoms with Gasteiger partial charge in [0.05, 0.1) is 0 Å². The van der Waals surface area contributed by atoms with Crippen molar-refractivity contribution >= 4 is 11.6 Å². The first-order chi connectivity index (χ1) is 8.75. The molecule has 0 aliphatic carbocycles. The molecule has 0 atom stereocenters. The molecule has 0 unspecified atom stereocenters. The Balaban J connectivity index is 1.82. The second-order valence-electron chi connectivity index (χ2n) is 3.76. The number of aromatic nitrogens is 1. The van der Waals surface area contributed by atoms with E-state index in [9.17, 15) is 4.79 Å². The number of hydrogen-bond acceptors (Lipinski definition) is 4. The van der Waals surface area contributed by atoms with Crippen molar-refractivity contribution in [3.8, 4) is 0 Å². The highest BCUT2D eigenvalue weighted by Gasteiger charge is 2.04. The fourth-order valence-electron chi connectivity index (χ4n) is 1.42. The van der Waals surface area contributed by atoms with Gasteiger partial charge < -0.3 is 5.73 Å². The minimum absolute atomic E-state index is 0.258. The Morgan fingerprint density at radius 2 is 1.94 bits per heavy atom. The predicted molar refractivity (Wildman–Crippen MR) is 69.4 cm³/mol. The van der Waals surface area contributed by atoms with Crippen molar-refractivity contribution in [1.29, 1.82) is 0 Å². The Bertz CT molecular complexity index is 510. The summed E-state index contributed by atoms with van der Waals surface area (Å²) in [6.07, 6.45) is 1.58. The molecule has 1 aromatic heterocycles. The number of nitrogens with one attached hydrogen (secondary N) is 2. The Hall–Kier alpha value is -2.40. The van der Waals surface area contributed by atoms with Gasteiger partial charge in [-0.3, -0.25) is 15.2 Å². The van der Waals surface area contributed by atoms with Gasteiger partial charge in [-0.05, 0) is 29.8 Å². The second-order valence-corrected chi connectivity index (χ2v) is 3.76. The highest BCUT2D eigenvalue weighted by atomic mass is 16.2. The van der Waals surface area contributed by atoms with Crippen molar-refractivity contribution in [3.05, 3.63) is 59.9 Å². The molecule has 0 aliphatic heterocycles. The summed E-state index contributed by atoms with van der Waals surface area (Å²) >= 11 is 0. The molecule has 0 saturated heterocycles. The van der Waals surface area contributed by atoms with Gasteiger partial charge in [0.25, 0.3) is 5.91 Å². The molecule has 0 radical (unpaired) electrons. The van der Waals surface area contributed by atoms with Crippen LogP contribution < -0.4 is 16.6 Å². The van der Waals surface area contributed by atoms with Crippen LogP contribution >= 0.6 is 0 Å². The van der Waals surface area contributed by atoms with Crippen LogP contribution in [0.2, 0.25) is 0 Å². The summed E-state index contributed by atoms with van der Waals surface area (Å²) in [6, 6.07) is 12.6. The lowest BCUT2D eigenvalue weighted by molar-refractivity contribution is 0.0927. The van der Waals surface area contributed by atoms with Gasteiger partial charge in [0, 0.05) is 18.4 Å². The number of nitrogens with two attached hydrogens (primary N) is 1. The fraction of sp³-hybridized carbons (Fsp3) is 0.0769. The fourth-order valence-corrected chi connectivity index (χ4v) is 1.42. The summed E-state index contributed by atoms with van der Waals surface area (Å²) in [5.41, 5.74) is 13.1. The zero-order chi connectivity index (χ0) is 12.8. The highest BCUT2D eigenvalue weighted by Crippen LogP contribution is 2.04. The highest BCUT2D eigenvalue weighted by molar-refractivity contribution is 5.91. The molecule has 1 amide bonds. The van der Waals surface area contributed by atoms with Crippen molar-refractivity contribution in [2.24, 2.45) is 0 Å². The van der Waals surface area contributed by atoms with Crippen LogP contribution in [0.5, 0.6) is 0 Å². The van der Waals surface area contributed by atoms with Gasteiger partial charge in [-0.2, -0.15) is 0 Å². The van der Waals surface area contributed by atoms with Crippen LogP contribution in [0.4, 0.5) is 5.69 Å². The normalized spacial score (nSPS) is 10.0. The first kappa shape index (κ1) is 12.1. The third-order valence-corrected chi connectivity index (χ3v) is 2.37. The van der Waals surface area contributed by atoms with E-state index in [4.69, 9.17) is 5.73 Å². The van der Waals surface area contributed by atoms with E-state index in [1.165, 1.54) is 0 Å². The topological polar surface area (TPSA) is 80.0 Å². The molecule has 2 rings (SSSR count). The number of hydrazine groups is 1. The lowest BCUT2D eigenvalue weighted by Crippen LogP contribution is -2.37. The molecule has 5 nitrogen and oxygen atoms in total. The molecule has 92 valence electrons. The van der Waals surface area contributed by atoms with Gasteiger partial charge in [-0.15, -0.1) is 0 Å². The number of benzene rings is 1. The van der Waals surface area contributed by atoms with E-state index in [1.54, 1.807) is 24.4 Å². The maximum Gasteiger partial charge on any atom is 0.283 e. The first-order valence-electron chi connectivity index (χ1n) is 5.54. The van der Waals surface area contributed by atoms with Gasteiger partial charge in [-0.25, -0.2) is 5.43 Å². The molecule has 5 heteroatoms. The van der Waals surface area contributed by atoms with E-state index >= 15 is 0 Å². The van der Waals surface area contributed by atoms with E-state index in [0.717, 1.165) is 11.3 Å². The summed E-state index contributed by atoms with van der Waals surface area (Å²) in [5, 5.41) is 0. The smallest absolute Gasteiger partial charge is 0.283 e. The predicted octanol–water partition coefficient (Wildman–Crippen LogP) is 1.10. The summed E-state index contributed by atoms with van der Waals surface area (Å²) in [5.74, 6) is -0.258. The maximum absolute atomic E-state index is 11.6. The Morgan fingerprint density at radius 1 is 1.17 bits per heavy atom. The van der Waals surface area contributed by atoms with Crippen molar-refractivity contribution in [3.63, 3.8) is 0 Å². The van der Waals surface area contributed by atoms with Crippen LogP contribution in [0.15, 0.2) is 48.7 Å². The molecule has 0 spiro atoms. The zero-order valence-corrected chi connectivity index (χ0v) is 9.76. The molecule has 0 bridgehead atoms. The molecule has 2 aromatic rings. The number of carbonyl (C=O) groups excluding carboxylic acids is 1. The number of nitrogens with zero attached hydrogens (tertiary/aromatic N) is 1. The maximum atomic E-state index is 11.6. The van der Waals surface area contributed by atoms with Gasteiger partial charge in [-0.1, -0.05) is 18.2 Å².